The summed E-state index contributed by atoms with van der Waals surface area (Å²) in [7, 11) is 0. The highest BCUT2D eigenvalue weighted by molar-refractivity contribution is 6.04. The topological polar surface area (TPSA) is 159 Å². The van der Waals surface area contributed by atoms with Crippen LogP contribution in [0, 0.1) is 24.0 Å². The van der Waals surface area contributed by atoms with Crippen molar-refractivity contribution in [2.24, 2.45) is 0 Å². The van der Waals surface area contributed by atoms with Crippen molar-refractivity contribution in [2.75, 3.05) is 16.0 Å². The molecule has 11 nitrogen and oxygen atoms in total. The zero-order valence-electron chi connectivity index (χ0n) is 17.8. The maximum absolute atomic E-state index is 12.9. The fourth-order valence-corrected chi connectivity index (χ4v) is 3.54. The minimum absolute atomic E-state index is 0.0142. The first-order valence-corrected chi connectivity index (χ1v) is 10.0. The SMILES string of the molecule is Cc1ccc(Nc2nc3c(c(=O)[nH]2)[C@H](C(=O)Nc2ccc(C)c([N+](=O)[O-])c2)CC(=O)N3)cc1. The number of amides is 2. The summed E-state index contributed by atoms with van der Waals surface area (Å²) in [6.45, 7) is 3.53. The molecule has 168 valence electrons. The summed E-state index contributed by atoms with van der Waals surface area (Å²) in [6, 6.07) is 11.6. The van der Waals surface area contributed by atoms with Gasteiger partial charge in [0, 0.05) is 29.4 Å². The molecule has 4 N–H and O–H groups in total. The van der Waals surface area contributed by atoms with Gasteiger partial charge in [0.1, 0.15) is 5.82 Å². The van der Waals surface area contributed by atoms with Crippen LogP contribution in [0.1, 0.15) is 29.0 Å². The van der Waals surface area contributed by atoms with E-state index in [2.05, 4.69) is 25.9 Å². The van der Waals surface area contributed by atoms with Crippen molar-refractivity contribution < 1.29 is 14.5 Å². The molecular formula is C22H20N6O5. The molecule has 0 aliphatic carbocycles. The molecule has 33 heavy (non-hydrogen) atoms. The first-order valence-electron chi connectivity index (χ1n) is 10.0. The van der Waals surface area contributed by atoms with E-state index in [4.69, 9.17) is 0 Å². The second-order valence-electron chi connectivity index (χ2n) is 7.72. The van der Waals surface area contributed by atoms with Gasteiger partial charge in [-0.15, -0.1) is 0 Å². The number of benzene rings is 2. The molecule has 2 amide bonds. The Labute approximate surface area is 187 Å². The number of carbonyl (C=O) groups excluding carboxylic acids is 2. The lowest BCUT2D eigenvalue weighted by Gasteiger charge is -2.23. The van der Waals surface area contributed by atoms with Gasteiger partial charge in [0.05, 0.1) is 16.4 Å². The number of aromatic nitrogens is 2. The number of aromatic amines is 1. The molecule has 1 atom stereocenters. The number of nitrogens with one attached hydrogen (secondary N) is 4. The summed E-state index contributed by atoms with van der Waals surface area (Å²) >= 11 is 0. The lowest BCUT2D eigenvalue weighted by molar-refractivity contribution is -0.385. The van der Waals surface area contributed by atoms with Crippen molar-refractivity contribution in [1.29, 1.82) is 0 Å². The molecule has 1 aliphatic rings. The average Bonchev–Trinajstić information content (AvgIpc) is 2.75. The zero-order chi connectivity index (χ0) is 23.7. The van der Waals surface area contributed by atoms with Gasteiger partial charge >= 0.3 is 0 Å². The quantitative estimate of drug-likeness (QED) is 0.345. The van der Waals surface area contributed by atoms with Crippen molar-refractivity contribution >= 4 is 40.6 Å². The van der Waals surface area contributed by atoms with Crippen LogP contribution in [0.4, 0.5) is 28.8 Å². The van der Waals surface area contributed by atoms with E-state index < -0.39 is 28.2 Å². The number of aryl methyl sites for hydroxylation is 2. The third-order valence-corrected chi connectivity index (χ3v) is 5.26. The van der Waals surface area contributed by atoms with Crippen LogP contribution in [0.15, 0.2) is 47.3 Å². The molecule has 0 saturated carbocycles. The predicted octanol–water partition coefficient (Wildman–Crippen LogP) is 3.10. The summed E-state index contributed by atoms with van der Waals surface area (Å²) in [5.74, 6) is -2.13. The second-order valence-corrected chi connectivity index (χ2v) is 7.72. The summed E-state index contributed by atoms with van der Waals surface area (Å²) in [6.07, 6.45) is -0.262. The van der Waals surface area contributed by atoms with E-state index in [1.807, 2.05) is 31.2 Å². The van der Waals surface area contributed by atoms with E-state index in [9.17, 15) is 24.5 Å². The van der Waals surface area contributed by atoms with Gasteiger partial charge in [-0.3, -0.25) is 29.5 Å². The molecule has 2 aromatic carbocycles. The summed E-state index contributed by atoms with van der Waals surface area (Å²) in [4.78, 5) is 55.5. The van der Waals surface area contributed by atoms with Crippen LogP contribution in [0.25, 0.3) is 0 Å². The van der Waals surface area contributed by atoms with Gasteiger partial charge in [-0.05, 0) is 32.0 Å². The highest BCUT2D eigenvalue weighted by atomic mass is 16.6. The molecule has 2 heterocycles. The van der Waals surface area contributed by atoms with Crippen LogP contribution in [0.5, 0.6) is 0 Å². The molecule has 0 saturated heterocycles. The molecule has 1 aliphatic heterocycles. The molecule has 0 bridgehead atoms. The average molecular weight is 448 g/mol. The Hall–Kier alpha value is -4.54. The van der Waals surface area contributed by atoms with E-state index in [0.29, 0.717) is 11.3 Å². The smallest absolute Gasteiger partial charge is 0.274 e. The van der Waals surface area contributed by atoms with E-state index in [0.717, 1.165) is 5.56 Å². The number of nitrogens with zero attached hydrogens (tertiary/aromatic N) is 2. The molecule has 0 spiro atoms. The monoisotopic (exact) mass is 448 g/mol. The van der Waals surface area contributed by atoms with Crippen LogP contribution in [0.2, 0.25) is 0 Å². The Bertz CT molecular complexity index is 1330. The number of nitro groups is 1. The standard InChI is InChI=1S/C22H20N6O5/c1-11-3-6-13(7-4-11)24-22-26-19-18(21(31)27-22)15(10-17(29)25-19)20(30)23-14-8-5-12(2)16(9-14)28(32)33/h3-9,15H,10H2,1-2H3,(H,23,30)(H3,24,25,26,27,29,31)/t15-/m1/s1. The van der Waals surface area contributed by atoms with Crippen LogP contribution in [0.3, 0.4) is 0 Å². The highest BCUT2D eigenvalue weighted by Gasteiger charge is 2.35. The minimum atomic E-state index is -1.11. The fraction of sp³-hybridized carbons (Fsp3) is 0.182. The van der Waals surface area contributed by atoms with Crippen LogP contribution in [-0.2, 0) is 9.59 Å². The van der Waals surface area contributed by atoms with Crippen LogP contribution in [-0.4, -0.2) is 26.7 Å². The molecule has 1 aromatic heterocycles. The van der Waals surface area contributed by atoms with Gasteiger partial charge in [-0.25, -0.2) is 0 Å². The number of carbonyl (C=O) groups is 2. The number of hydrogen-bond acceptors (Lipinski definition) is 7. The van der Waals surface area contributed by atoms with E-state index in [1.54, 1.807) is 6.92 Å². The van der Waals surface area contributed by atoms with Crippen molar-refractivity contribution in [1.82, 2.24) is 9.97 Å². The van der Waals surface area contributed by atoms with E-state index >= 15 is 0 Å². The maximum Gasteiger partial charge on any atom is 0.274 e. The summed E-state index contributed by atoms with van der Waals surface area (Å²) in [5, 5.41) is 19.2. The van der Waals surface area contributed by atoms with Gasteiger partial charge in [-0.2, -0.15) is 4.98 Å². The molecule has 0 unspecified atom stereocenters. The van der Waals surface area contributed by atoms with Gasteiger partial charge in [0.2, 0.25) is 17.8 Å². The third kappa shape index (κ3) is 4.56. The molecule has 11 heteroatoms. The third-order valence-electron chi connectivity index (χ3n) is 5.26. The summed E-state index contributed by atoms with van der Waals surface area (Å²) in [5.41, 5.74) is 1.66. The number of hydrogen-bond donors (Lipinski definition) is 4. The first-order chi connectivity index (χ1) is 15.7. The van der Waals surface area contributed by atoms with Crippen molar-refractivity contribution in [2.45, 2.75) is 26.2 Å². The van der Waals surface area contributed by atoms with Gasteiger partial charge in [-0.1, -0.05) is 23.8 Å². The van der Waals surface area contributed by atoms with Crippen LogP contribution >= 0.6 is 0 Å². The first kappa shape index (κ1) is 21.7. The Balaban J connectivity index is 1.63. The number of fused-ring (bicyclic) bond motifs is 1. The number of nitro benzene ring substituents is 1. The van der Waals surface area contributed by atoms with Crippen molar-refractivity contribution in [3.63, 3.8) is 0 Å². The molecule has 0 radical (unpaired) electrons. The Morgan fingerprint density at radius 2 is 1.82 bits per heavy atom. The molecule has 0 fully saturated rings. The van der Waals surface area contributed by atoms with E-state index in [-0.39, 0.29) is 35.1 Å². The second kappa shape index (κ2) is 8.54. The fourth-order valence-electron chi connectivity index (χ4n) is 3.54. The van der Waals surface area contributed by atoms with Gasteiger partial charge < -0.3 is 16.0 Å². The Morgan fingerprint density at radius 1 is 1.12 bits per heavy atom. The van der Waals surface area contributed by atoms with E-state index in [1.165, 1.54) is 18.2 Å². The molecule has 3 aromatic rings. The Morgan fingerprint density at radius 3 is 2.52 bits per heavy atom. The largest absolute Gasteiger partial charge is 0.326 e. The lowest BCUT2D eigenvalue weighted by Crippen LogP contribution is -2.36. The van der Waals surface area contributed by atoms with Gasteiger partial charge in [0.15, 0.2) is 0 Å². The van der Waals surface area contributed by atoms with Gasteiger partial charge in [0.25, 0.3) is 11.2 Å². The zero-order valence-corrected chi connectivity index (χ0v) is 17.8. The van der Waals surface area contributed by atoms with Crippen molar-refractivity contribution in [3.05, 3.63) is 79.6 Å². The van der Waals surface area contributed by atoms with Crippen LogP contribution < -0.4 is 21.5 Å². The molecule has 4 rings (SSSR count). The number of anilines is 4. The summed E-state index contributed by atoms with van der Waals surface area (Å²) < 4.78 is 0. The highest BCUT2D eigenvalue weighted by Crippen LogP contribution is 2.31. The predicted molar refractivity (Wildman–Crippen MR) is 122 cm³/mol. The minimum Gasteiger partial charge on any atom is -0.326 e. The Kier molecular flexibility index (Phi) is 5.61. The lowest BCUT2D eigenvalue weighted by atomic mass is 9.92. The molecular weight excluding hydrogens is 428 g/mol. The normalized spacial score (nSPS) is 14.7. The maximum atomic E-state index is 12.9. The number of H-pyrrole nitrogens is 1. The van der Waals surface area contributed by atoms with Crippen molar-refractivity contribution in [3.8, 4) is 0 Å². The number of rotatable bonds is 5.